The zero-order chi connectivity index (χ0) is 35.0. The van der Waals surface area contributed by atoms with Gasteiger partial charge in [-0.15, -0.1) is 0 Å². The van der Waals surface area contributed by atoms with Gasteiger partial charge in [0.2, 0.25) is 6.29 Å². The van der Waals surface area contributed by atoms with Gasteiger partial charge in [0, 0.05) is 18.6 Å². The number of benzene rings is 2. The number of fused-ring (bicyclic) bond motifs is 3. The number of hydrogen-bond donors (Lipinski definition) is 6. The smallest absolute Gasteiger partial charge is 0.335 e. The highest BCUT2D eigenvalue weighted by Gasteiger charge is 2.63. The van der Waals surface area contributed by atoms with Crippen LogP contribution in [0.25, 0.3) is 10.8 Å². The van der Waals surface area contributed by atoms with Gasteiger partial charge in [-0.1, -0.05) is 19.1 Å². The molecule has 12 heteroatoms. The number of carbonyl (C=O) groups is 2. The van der Waals surface area contributed by atoms with Gasteiger partial charge in [0.25, 0.3) is 0 Å². The fraction of sp³-hybridized carbons (Fsp3) is 0.568. The van der Waals surface area contributed by atoms with Crippen LogP contribution in [-0.2, 0) is 14.2 Å². The van der Waals surface area contributed by atoms with Crippen LogP contribution in [0.1, 0.15) is 65.8 Å². The molecule has 264 valence electrons. The topological polar surface area (TPSA) is 192 Å². The monoisotopic (exact) mass is 680 g/mol. The van der Waals surface area contributed by atoms with Crippen molar-refractivity contribution in [3.05, 3.63) is 57.7 Å². The Balaban J connectivity index is 1.25. The van der Waals surface area contributed by atoms with Gasteiger partial charge < -0.3 is 49.6 Å². The van der Waals surface area contributed by atoms with Crippen molar-refractivity contribution in [2.24, 2.45) is 23.2 Å². The second-order valence-electron chi connectivity index (χ2n) is 14.4. The summed E-state index contributed by atoms with van der Waals surface area (Å²) in [5, 5.41) is 65.9. The number of allylic oxidation sites excluding steroid dienone is 2. The summed E-state index contributed by atoms with van der Waals surface area (Å²) in [6, 6.07) is 4.06. The lowest BCUT2D eigenvalue weighted by Gasteiger charge is -2.57. The Morgan fingerprint density at radius 1 is 1.14 bits per heavy atom. The van der Waals surface area contributed by atoms with E-state index in [4.69, 9.17) is 18.9 Å². The summed E-state index contributed by atoms with van der Waals surface area (Å²) < 4.78 is 24.9. The number of aryl methyl sites for hydroxylation is 1. The Bertz CT molecular complexity index is 1760. The summed E-state index contributed by atoms with van der Waals surface area (Å²) in [6.07, 6.45) is -1.58. The minimum Gasteiger partial charge on any atom is -0.506 e. The van der Waals surface area contributed by atoms with E-state index in [0.717, 1.165) is 23.6 Å². The second kappa shape index (κ2) is 12.4. The first-order chi connectivity index (χ1) is 23.4. The zero-order valence-corrected chi connectivity index (χ0v) is 27.8. The van der Waals surface area contributed by atoms with E-state index in [1.165, 1.54) is 18.6 Å². The van der Waals surface area contributed by atoms with Crippen molar-refractivity contribution >= 4 is 22.5 Å². The molecule has 2 aromatic carbocycles. The maximum atomic E-state index is 12.4. The molecule has 1 saturated carbocycles. The largest absolute Gasteiger partial charge is 0.506 e. The molecule has 0 amide bonds. The van der Waals surface area contributed by atoms with Crippen molar-refractivity contribution < 1.29 is 59.2 Å². The third kappa shape index (κ3) is 5.06. The lowest BCUT2D eigenvalue weighted by molar-refractivity contribution is -0.325. The number of aromatic hydroxyl groups is 1. The third-order valence-electron chi connectivity index (χ3n) is 12.0. The van der Waals surface area contributed by atoms with Crippen LogP contribution >= 0.6 is 0 Å². The van der Waals surface area contributed by atoms with Gasteiger partial charge in [0.1, 0.15) is 35.4 Å². The van der Waals surface area contributed by atoms with Crippen molar-refractivity contribution in [3.8, 4) is 11.5 Å². The van der Waals surface area contributed by atoms with E-state index in [1.54, 1.807) is 13.0 Å². The number of carbonyl (C=O) groups excluding carboxylic acids is 1. The van der Waals surface area contributed by atoms with Crippen LogP contribution in [0.3, 0.4) is 0 Å². The van der Waals surface area contributed by atoms with Crippen LogP contribution in [-0.4, -0.2) is 106 Å². The summed E-state index contributed by atoms with van der Waals surface area (Å²) >= 11 is 0. The Kier molecular flexibility index (Phi) is 8.66. The molecule has 2 saturated heterocycles. The molecular formula is C37H44O12. The molecule has 0 aromatic heterocycles. The Hall–Kier alpha value is -3.36. The molecule has 0 bridgehead atoms. The molecular weight excluding hydrogens is 636 g/mol. The van der Waals surface area contributed by atoms with E-state index in [1.807, 2.05) is 0 Å². The predicted octanol–water partition coefficient (Wildman–Crippen LogP) is 3.03. The number of aliphatic hydroxyl groups excluding tert-OH is 4. The van der Waals surface area contributed by atoms with Crippen LogP contribution in [0.5, 0.6) is 11.5 Å². The number of ether oxygens (including phenoxy) is 4. The van der Waals surface area contributed by atoms with E-state index in [2.05, 4.69) is 13.0 Å². The Labute approximate surface area is 283 Å². The van der Waals surface area contributed by atoms with E-state index in [-0.39, 0.29) is 70.5 Å². The molecule has 5 aliphatic rings. The van der Waals surface area contributed by atoms with Gasteiger partial charge in [-0.25, -0.2) is 4.79 Å². The molecule has 3 fully saturated rings. The van der Waals surface area contributed by atoms with E-state index >= 15 is 0 Å². The number of aliphatic hydroxyl groups is 4. The molecule has 0 unspecified atom stereocenters. The summed E-state index contributed by atoms with van der Waals surface area (Å²) in [5.41, 5.74) is 1.83. The molecule has 49 heavy (non-hydrogen) atoms. The van der Waals surface area contributed by atoms with Gasteiger partial charge in [0.05, 0.1) is 36.3 Å². The average molecular weight is 681 g/mol. The van der Waals surface area contributed by atoms with Crippen molar-refractivity contribution in [1.29, 1.82) is 0 Å². The van der Waals surface area contributed by atoms with Crippen LogP contribution in [0.4, 0.5) is 0 Å². The number of rotatable bonds is 7. The number of phenolic OH excluding ortho intramolecular Hbond substituents is 1. The Morgan fingerprint density at radius 3 is 2.61 bits per heavy atom. The quantitative estimate of drug-likeness (QED) is 0.235. The number of phenols is 1. The highest BCUT2D eigenvalue weighted by atomic mass is 16.7. The third-order valence-corrected chi connectivity index (χ3v) is 12.0. The van der Waals surface area contributed by atoms with Crippen LogP contribution in [0.2, 0.25) is 0 Å². The number of aromatic carboxylic acids is 1. The minimum absolute atomic E-state index is 0.0302. The molecule has 3 heterocycles. The molecule has 0 radical (unpaired) electrons. The fourth-order valence-electron chi connectivity index (χ4n) is 9.76. The van der Waals surface area contributed by atoms with E-state index in [0.29, 0.717) is 31.6 Å². The molecule has 7 rings (SSSR count). The average Bonchev–Trinajstić information content (AvgIpc) is 3.42. The number of hydrogen-bond acceptors (Lipinski definition) is 11. The van der Waals surface area contributed by atoms with Crippen LogP contribution in [0.15, 0.2) is 41.0 Å². The normalized spacial score (nSPS) is 35.5. The predicted molar refractivity (Wildman–Crippen MR) is 174 cm³/mol. The number of carboxylic acids is 1. The molecule has 2 aliphatic carbocycles. The van der Waals surface area contributed by atoms with Crippen molar-refractivity contribution in [2.75, 3.05) is 33.0 Å². The lowest BCUT2D eigenvalue weighted by atomic mass is 9.51. The zero-order valence-electron chi connectivity index (χ0n) is 27.8. The first-order valence-corrected chi connectivity index (χ1v) is 17.0. The van der Waals surface area contributed by atoms with Gasteiger partial charge >= 0.3 is 5.97 Å². The van der Waals surface area contributed by atoms with Crippen LogP contribution < -0.4 is 4.74 Å². The highest BCUT2D eigenvalue weighted by molar-refractivity contribution is 6.08. The van der Waals surface area contributed by atoms with E-state index < -0.39 is 54.3 Å². The van der Waals surface area contributed by atoms with Crippen molar-refractivity contribution in [1.82, 2.24) is 0 Å². The maximum absolute atomic E-state index is 12.4. The first-order valence-electron chi connectivity index (χ1n) is 17.0. The highest BCUT2D eigenvalue weighted by Crippen LogP contribution is 2.63. The van der Waals surface area contributed by atoms with Crippen molar-refractivity contribution in [3.63, 3.8) is 0 Å². The summed E-state index contributed by atoms with van der Waals surface area (Å²) in [6.45, 7) is 5.82. The SMILES string of the molecule is CC(=O)c1c(C)cc2cc(C(=O)O)cc(O[C@@H]3O[C@H](CO)[C@]4(C[C@@H]5C6=C(CC=C6[C@]6(CCO)COCC[C@H]6[C@H]5C)CO4)[C@H](O)[C@H]3O)c2c1O. The summed E-state index contributed by atoms with van der Waals surface area (Å²) in [7, 11) is 0. The summed E-state index contributed by atoms with van der Waals surface area (Å²) in [4.78, 5) is 24.5. The van der Waals surface area contributed by atoms with Crippen molar-refractivity contribution in [2.45, 2.75) is 76.7 Å². The molecule has 3 aliphatic heterocycles. The maximum Gasteiger partial charge on any atom is 0.335 e. The molecule has 6 N–H and O–H groups in total. The fourth-order valence-corrected chi connectivity index (χ4v) is 9.76. The summed E-state index contributed by atoms with van der Waals surface area (Å²) in [5.74, 6) is -2.08. The molecule has 1 spiro atoms. The van der Waals surface area contributed by atoms with E-state index in [9.17, 15) is 40.2 Å². The van der Waals surface area contributed by atoms with Crippen LogP contribution in [0, 0.1) is 30.1 Å². The Morgan fingerprint density at radius 2 is 1.92 bits per heavy atom. The molecule has 9 atom stereocenters. The number of ketones is 1. The second-order valence-corrected chi connectivity index (χ2v) is 14.4. The van der Waals surface area contributed by atoms with Gasteiger partial charge in [-0.05, 0) is 97.1 Å². The van der Waals surface area contributed by atoms with Gasteiger partial charge in [0.15, 0.2) is 5.78 Å². The minimum atomic E-state index is -1.72. The van der Waals surface area contributed by atoms with Gasteiger partial charge in [-0.3, -0.25) is 4.79 Å². The standard InChI is InChI=1S/C37H44O12/c1-17-10-21-11-22(34(44)45)12-26(30(21)31(41)28(17)19(3)40)48-35-32(42)33(43)37(27(14-39)49-35)13-23-18(2)24-6-9-46-16-36(24,7-8-38)25-5-4-20(15-47-37)29(23)25/h5,10-12,18,23-24,27,32-33,35,38-39,41-43H,4,6-9,13-16H2,1-3H3,(H,44,45)/t18-,23-,24-,27+,32+,33+,35+,36+,37+/m0/s1. The molecule has 2 aromatic rings. The lowest BCUT2D eigenvalue weighted by Crippen LogP contribution is -2.69. The first kappa shape index (κ1) is 34.1. The molecule has 12 nitrogen and oxygen atoms in total. The number of Topliss-reactive ketones (excluding diaryl/α,β-unsaturated/α-hetero) is 1. The number of carboxylic acid groups (broad SMARTS) is 1. The van der Waals surface area contributed by atoms with Gasteiger partial charge in [-0.2, -0.15) is 0 Å².